The van der Waals surface area contributed by atoms with Gasteiger partial charge in [0.05, 0.1) is 11.8 Å². The minimum Gasteiger partial charge on any atom is -0.481 e. The van der Waals surface area contributed by atoms with E-state index in [9.17, 15) is 22.8 Å². The number of halogens is 4. The maximum atomic E-state index is 13.0. The van der Waals surface area contributed by atoms with Crippen LogP contribution in [0.25, 0.3) is 0 Å². The summed E-state index contributed by atoms with van der Waals surface area (Å²) in [6.07, 6.45) is -4.26. The normalized spacial score (nSPS) is 28.7. The Labute approximate surface area is 154 Å². The Bertz CT molecular complexity index is 659. The lowest BCUT2D eigenvalue weighted by Crippen LogP contribution is -2.45. The molecule has 0 aliphatic carbocycles. The first-order valence-electron chi connectivity index (χ1n) is 7.91. The fraction of sp³-hybridized carbons (Fsp3) is 0.500. The predicted octanol–water partition coefficient (Wildman–Crippen LogP) is 1.74. The van der Waals surface area contributed by atoms with Gasteiger partial charge >= 0.3 is 12.1 Å². The first kappa shape index (κ1) is 20.5. The lowest BCUT2D eigenvalue weighted by molar-refractivity contribution is -0.188. The summed E-state index contributed by atoms with van der Waals surface area (Å²) in [7, 11) is 0. The van der Waals surface area contributed by atoms with Crippen LogP contribution in [0.1, 0.15) is 18.0 Å². The largest absolute Gasteiger partial charge is 0.481 e. The number of carboxylic acid groups (broad SMARTS) is 1. The Balaban J connectivity index is 0.00000243. The van der Waals surface area contributed by atoms with Gasteiger partial charge in [0, 0.05) is 19.1 Å². The number of hydrogen-bond acceptors (Lipinski definition) is 4. The van der Waals surface area contributed by atoms with E-state index in [0.29, 0.717) is 6.42 Å². The Morgan fingerprint density at radius 2 is 1.77 bits per heavy atom. The molecule has 0 bridgehead atoms. The first-order chi connectivity index (χ1) is 11.8. The third-order valence-electron chi connectivity index (χ3n) is 4.77. The van der Waals surface area contributed by atoms with Crippen molar-refractivity contribution in [2.24, 2.45) is 11.8 Å². The van der Waals surface area contributed by atoms with Gasteiger partial charge in [-0.25, -0.2) is 10.9 Å². The van der Waals surface area contributed by atoms with Crippen molar-refractivity contribution < 1.29 is 27.9 Å². The number of aliphatic carboxylic acids is 1. The summed E-state index contributed by atoms with van der Waals surface area (Å²) in [5, 5.41) is 9.04. The average molecular weight is 394 g/mol. The van der Waals surface area contributed by atoms with Gasteiger partial charge in [0.1, 0.15) is 6.04 Å². The van der Waals surface area contributed by atoms with Crippen molar-refractivity contribution in [2.75, 3.05) is 13.1 Å². The van der Waals surface area contributed by atoms with Crippen LogP contribution < -0.4 is 10.9 Å². The summed E-state index contributed by atoms with van der Waals surface area (Å²) in [6, 6.07) is 8.54. The van der Waals surface area contributed by atoms with Crippen LogP contribution >= 0.6 is 12.4 Å². The van der Waals surface area contributed by atoms with E-state index in [1.807, 2.05) is 30.3 Å². The van der Waals surface area contributed by atoms with E-state index in [4.69, 9.17) is 5.11 Å². The second-order valence-corrected chi connectivity index (χ2v) is 6.38. The Hall–Kier alpha value is -1.84. The molecule has 2 aliphatic heterocycles. The van der Waals surface area contributed by atoms with Gasteiger partial charge in [-0.3, -0.25) is 9.59 Å². The molecule has 2 unspecified atom stereocenters. The van der Waals surface area contributed by atoms with E-state index in [2.05, 4.69) is 10.9 Å². The number of rotatable bonds is 3. The molecule has 0 aromatic heterocycles. The summed E-state index contributed by atoms with van der Waals surface area (Å²) in [4.78, 5) is 24.7. The van der Waals surface area contributed by atoms with Gasteiger partial charge in [0.2, 0.25) is 5.91 Å². The molecular formula is C16H19ClF3N3O3. The molecule has 144 valence electrons. The van der Waals surface area contributed by atoms with Crippen molar-refractivity contribution in [3.05, 3.63) is 35.9 Å². The minimum absolute atomic E-state index is 0. The Morgan fingerprint density at radius 3 is 2.31 bits per heavy atom. The van der Waals surface area contributed by atoms with Crippen molar-refractivity contribution in [2.45, 2.75) is 24.7 Å². The van der Waals surface area contributed by atoms with Gasteiger partial charge in [-0.2, -0.15) is 13.2 Å². The highest BCUT2D eigenvalue weighted by molar-refractivity contribution is 5.85. The maximum absolute atomic E-state index is 13.0. The van der Waals surface area contributed by atoms with E-state index in [1.54, 1.807) is 0 Å². The van der Waals surface area contributed by atoms with Gasteiger partial charge < -0.3 is 10.0 Å². The molecule has 3 rings (SSSR count). The van der Waals surface area contributed by atoms with Crippen LogP contribution in [0.15, 0.2) is 30.3 Å². The zero-order valence-corrected chi connectivity index (χ0v) is 14.4. The van der Waals surface area contributed by atoms with E-state index in [0.717, 1.165) is 10.5 Å². The lowest BCUT2D eigenvalue weighted by Gasteiger charge is -2.20. The third-order valence-corrected chi connectivity index (χ3v) is 4.77. The third kappa shape index (κ3) is 4.11. The number of likely N-dealkylation sites (tertiary alicyclic amines) is 1. The van der Waals surface area contributed by atoms with Crippen LogP contribution in [0.2, 0.25) is 0 Å². The number of carboxylic acids is 1. The molecule has 2 saturated heterocycles. The molecule has 2 fully saturated rings. The van der Waals surface area contributed by atoms with Gasteiger partial charge in [-0.05, 0) is 12.0 Å². The second kappa shape index (κ2) is 7.81. The molecular weight excluding hydrogens is 375 g/mol. The number of carbonyl (C=O) groups excluding carboxylic acids is 1. The maximum Gasteiger partial charge on any atom is 0.394 e. The highest BCUT2D eigenvalue weighted by atomic mass is 35.5. The number of nitrogens with one attached hydrogen (secondary N) is 2. The predicted molar refractivity (Wildman–Crippen MR) is 88.4 cm³/mol. The van der Waals surface area contributed by atoms with E-state index in [1.165, 1.54) is 0 Å². The quantitative estimate of drug-likeness (QED) is 0.728. The van der Waals surface area contributed by atoms with Crippen LogP contribution in [0.4, 0.5) is 13.2 Å². The Morgan fingerprint density at radius 1 is 1.12 bits per heavy atom. The number of hydrazine groups is 1. The monoisotopic (exact) mass is 393 g/mol. The molecule has 10 heteroatoms. The summed E-state index contributed by atoms with van der Waals surface area (Å²) in [5.74, 6) is -5.70. The van der Waals surface area contributed by atoms with Gasteiger partial charge in [0.15, 0.2) is 0 Å². The molecule has 1 aromatic carbocycles. The molecule has 1 amide bonds. The van der Waals surface area contributed by atoms with Gasteiger partial charge in [-0.15, -0.1) is 12.4 Å². The van der Waals surface area contributed by atoms with Crippen molar-refractivity contribution in [1.82, 2.24) is 15.8 Å². The topological polar surface area (TPSA) is 81.7 Å². The molecule has 2 heterocycles. The van der Waals surface area contributed by atoms with Crippen molar-refractivity contribution in [1.29, 1.82) is 0 Å². The number of carbonyl (C=O) groups is 2. The molecule has 2 aliphatic rings. The fourth-order valence-electron chi connectivity index (χ4n) is 3.41. The SMILES string of the molecule is Cl.O=C(O)[C@@H]1CN(C(=O)C2CC(c3ccccc3)NN2)C[C@H]1C(F)(F)F. The van der Waals surface area contributed by atoms with Crippen molar-refractivity contribution in [3.8, 4) is 0 Å². The summed E-state index contributed by atoms with van der Waals surface area (Å²) >= 11 is 0. The van der Waals surface area contributed by atoms with E-state index < -0.39 is 49.0 Å². The first-order valence-corrected chi connectivity index (χ1v) is 7.91. The Kier molecular flexibility index (Phi) is 6.15. The van der Waals surface area contributed by atoms with Gasteiger partial charge in [-0.1, -0.05) is 30.3 Å². The lowest BCUT2D eigenvalue weighted by atomic mass is 9.96. The number of benzene rings is 1. The number of alkyl halides is 3. The van der Waals surface area contributed by atoms with Crippen LogP contribution in [-0.2, 0) is 9.59 Å². The molecule has 1 aromatic rings. The summed E-state index contributed by atoms with van der Waals surface area (Å²) < 4.78 is 39.1. The van der Waals surface area contributed by atoms with Gasteiger partial charge in [0.25, 0.3) is 0 Å². The van der Waals surface area contributed by atoms with Crippen LogP contribution in [-0.4, -0.2) is 47.2 Å². The van der Waals surface area contributed by atoms with Crippen LogP contribution in [0.5, 0.6) is 0 Å². The fourth-order valence-corrected chi connectivity index (χ4v) is 3.41. The highest BCUT2D eigenvalue weighted by Gasteiger charge is 2.54. The molecule has 26 heavy (non-hydrogen) atoms. The molecule has 0 saturated carbocycles. The highest BCUT2D eigenvalue weighted by Crippen LogP contribution is 2.38. The van der Waals surface area contributed by atoms with Crippen molar-refractivity contribution >= 4 is 24.3 Å². The molecule has 3 N–H and O–H groups in total. The number of amides is 1. The minimum atomic E-state index is -4.65. The smallest absolute Gasteiger partial charge is 0.394 e. The summed E-state index contributed by atoms with van der Waals surface area (Å²) in [6.45, 7) is -1.04. The van der Waals surface area contributed by atoms with Crippen molar-refractivity contribution in [3.63, 3.8) is 0 Å². The second-order valence-electron chi connectivity index (χ2n) is 6.38. The zero-order chi connectivity index (χ0) is 18.2. The molecule has 4 atom stereocenters. The number of nitrogens with zero attached hydrogens (tertiary/aromatic N) is 1. The van der Waals surface area contributed by atoms with E-state index in [-0.39, 0.29) is 18.4 Å². The molecule has 6 nitrogen and oxygen atoms in total. The zero-order valence-electron chi connectivity index (χ0n) is 13.6. The molecule has 0 radical (unpaired) electrons. The van der Waals surface area contributed by atoms with E-state index >= 15 is 0 Å². The van der Waals surface area contributed by atoms with Crippen LogP contribution in [0.3, 0.4) is 0 Å². The number of hydrogen-bond donors (Lipinski definition) is 3. The van der Waals surface area contributed by atoms with Crippen LogP contribution in [0, 0.1) is 11.8 Å². The average Bonchev–Trinajstić information content (AvgIpc) is 3.22. The summed E-state index contributed by atoms with van der Waals surface area (Å²) in [5.41, 5.74) is 6.74. The molecule has 0 spiro atoms. The standard InChI is InChI=1S/C16H18F3N3O3.ClH/c17-16(18,19)11-8-22(7-10(11)15(24)25)14(23)13-6-12(20-21-13)9-4-2-1-3-5-9;/h1-5,10-13,20-21H,6-8H2,(H,24,25);1H/t10-,11-,12?,13?;/m1./s1.